The number of hydrogen-bond acceptors (Lipinski definition) is 3. The maximum Gasteiger partial charge on any atom is 0.433 e. The van der Waals surface area contributed by atoms with Crippen molar-refractivity contribution >= 4 is 5.65 Å². The normalized spacial score (nSPS) is 12.4. The van der Waals surface area contributed by atoms with Crippen molar-refractivity contribution in [3.63, 3.8) is 0 Å². The predicted octanol–water partition coefficient (Wildman–Crippen LogP) is 4.61. The fraction of sp³-hybridized carbons (Fsp3) is 0.188. The van der Waals surface area contributed by atoms with Gasteiger partial charge in [-0.25, -0.2) is 9.50 Å². The molecule has 1 aromatic carbocycles. The number of hydrogen-bond donors (Lipinski definition) is 0. The van der Waals surface area contributed by atoms with E-state index in [1.54, 1.807) is 6.07 Å². The number of aryl methyl sites for hydroxylation is 1. The average Bonchev–Trinajstić information content (AvgIpc) is 2.87. The van der Waals surface area contributed by atoms with Gasteiger partial charge in [-0.1, -0.05) is 12.1 Å². The Morgan fingerprint density at radius 1 is 1.04 bits per heavy atom. The van der Waals surface area contributed by atoms with Crippen LogP contribution in [-0.2, 0) is 12.4 Å². The lowest BCUT2D eigenvalue weighted by Crippen LogP contribution is -2.14. The Morgan fingerprint density at radius 3 is 2.31 bits per heavy atom. The van der Waals surface area contributed by atoms with Gasteiger partial charge in [-0.2, -0.15) is 36.7 Å². The number of halogens is 6. The van der Waals surface area contributed by atoms with Gasteiger partial charge in [0.25, 0.3) is 0 Å². The van der Waals surface area contributed by atoms with Gasteiger partial charge in [0.2, 0.25) is 0 Å². The zero-order chi connectivity index (χ0) is 19.3. The highest BCUT2D eigenvalue weighted by molar-refractivity contribution is 5.67. The highest BCUT2D eigenvalue weighted by atomic mass is 19.4. The summed E-state index contributed by atoms with van der Waals surface area (Å²) in [5.41, 5.74) is -3.26. The van der Waals surface area contributed by atoms with Gasteiger partial charge in [-0.05, 0) is 25.1 Å². The van der Waals surface area contributed by atoms with Crippen LogP contribution in [0.2, 0.25) is 0 Å². The molecule has 0 unspecified atom stereocenters. The minimum absolute atomic E-state index is 0.0340. The SMILES string of the molecule is Cc1nn2c(C(F)(F)F)cc(-c3cccc(C(F)(F)F)c3)nc2c1C#N. The van der Waals surface area contributed by atoms with Gasteiger partial charge in [-0.15, -0.1) is 0 Å². The van der Waals surface area contributed by atoms with Gasteiger partial charge < -0.3 is 0 Å². The summed E-state index contributed by atoms with van der Waals surface area (Å²) >= 11 is 0. The first kappa shape index (κ1) is 17.7. The molecule has 2 heterocycles. The van der Waals surface area contributed by atoms with E-state index in [0.29, 0.717) is 16.6 Å². The second-order valence-corrected chi connectivity index (χ2v) is 5.41. The van der Waals surface area contributed by atoms with Crippen LogP contribution in [-0.4, -0.2) is 14.6 Å². The second-order valence-electron chi connectivity index (χ2n) is 5.41. The molecule has 0 atom stereocenters. The molecule has 3 rings (SSSR count). The first-order chi connectivity index (χ1) is 12.0. The predicted molar refractivity (Wildman–Crippen MR) is 77.9 cm³/mol. The molecule has 134 valence electrons. The molecule has 0 bridgehead atoms. The van der Waals surface area contributed by atoms with Crippen LogP contribution in [0.4, 0.5) is 26.3 Å². The molecule has 0 amide bonds. The topological polar surface area (TPSA) is 54.0 Å². The fourth-order valence-electron chi connectivity index (χ4n) is 2.46. The molecule has 2 aromatic heterocycles. The second kappa shape index (κ2) is 5.72. The molecule has 0 saturated heterocycles. The zero-order valence-electron chi connectivity index (χ0n) is 12.9. The van der Waals surface area contributed by atoms with E-state index in [1.165, 1.54) is 13.0 Å². The molecule has 0 radical (unpaired) electrons. The quantitative estimate of drug-likeness (QED) is 0.588. The third-order valence-electron chi connectivity index (χ3n) is 3.65. The first-order valence-electron chi connectivity index (χ1n) is 7.07. The first-order valence-corrected chi connectivity index (χ1v) is 7.07. The molecule has 0 fully saturated rings. The molecular formula is C16H8F6N4. The van der Waals surface area contributed by atoms with Gasteiger partial charge in [-0.3, -0.25) is 0 Å². The maximum absolute atomic E-state index is 13.4. The summed E-state index contributed by atoms with van der Waals surface area (Å²) in [5, 5.41) is 12.8. The number of alkyl halides is 6. The molecule has 0 aliphatic heterocycles. The number of fused-ring (bicyclic) bond motifs is 1. The number of benzene rings is 1. The molecule has 0 aliphatic rings. The molecule has 0 N–H and O–H groups in total. The molecule has 0 spiro atoms. The largest absolute Gasteiger partial charge is 0.433 e. The van der Waals surface area contributed by atoms with Crippen LogP contribution in [0.3, 0.4) is 0 Å². The summed E-state index contributed by atoms with van der Waals surface area (Å²) in [5.74, 6) is 0. The summed E-state index contributed by atoms with van der Waals surface area (Å²) < 4.78 is 79.2. The standard InChI is InChI=1S/C16H8F6N4/c1-8-11(7-23)14-24-12(6-13(16(20,21)22)26(14)25-8)9-3-2-4-10(5-9)15(17,18)19/h2-6H,1H3. The fourth-order valence-corrected chi connectivity index (χ4v) is 2.46. The highest BCUT2D eigenvalue weighted by Crippen LogP contribution is 2.35. The van der Waals surface area contributed by atoms with Crippen LogP contribution < -0.4 is 0 Å². The summed E-state index contributed by atoms with van der Waals surface area (Å²) in [6.07, 6.45) is -9.50. The summed E-state index contributed by atoms with van der Waals surface area (Å²) in [7, 11) is 0. The number of nitriles is 1. The van der Waals surface area contributed by atoms with Crippen LogP contribution >= 0.6 is 0 Å². The van der Waals surface area contributed by atoms with Gasteiger partial charge in [0, 0.05) is 5.56 Å². The van der Waals surface area contributed by atoms with E-state index in [0.717, 1.165) is 12.1 Å². The molecule has 3 aromatic rings. The van der Waals surface area contributed by atoms with Gasteiger partial charge in [0.1, 0.15) is 11.6 Å². The monoisotopic (exact) mass is 370 g/mol. The van der Waals surface area contributed by atoms with Crippen LogP contribution in [0, 0.1) is 18.3 Å². The van der Waals surface area contributed by atoms with E-state index in [-0.39, 0.29) is 28.2 Å². The van der Waals surface area contributed by atoms with E-state index in [2.05, 4.69) is 10.1 Å². The third kappa shape index (κ3) is 2.96. The molecule has 0 aliphatic carbocycles. The lowest BCUT2D eigenvalue weighted by Gasteiger charge is -2.12. The Balaban J connectivity index is 2.33. The van der Waals surface area contributed by atoms with E-state index >= 15 is 0 Å². The van der Waals surface area contributed by atoms with E-state index in [9.17, 15) is 26.3 Å². The van der Waals surface area contributed by atoms with Crippen molar-refractivity contribution in [2.45, 2.75) is 19.3 Å². The zero-order valence-corrected chi connectivity index (χ0v) is 12.9. The Kier molecular flexibility index (Phi) is 3.90. The van der Waals surface area contributed by atoms with Crippen molar-refractivity contribution in [1.82, 2.24) is 14.6 Å². The summed E-state index contributed by atoms with van der Waals surface area (Å²) in [4.78, 5) is 3.95. The minimum Gasteiger partial charge on any atom is -0.227 e. The minimum atomic E-state index is -4.84. The Morgan fingerprint density at radius 2 is 1.73 bits per heavy atom. The van der Waals surface area contributed by atoms with E-state index in [1.807, 2.05) is 0 Å². The van der Waals surface area contributed by atoms with Crippen molar-refractivity contribution in [2.24, 2.45) is 0 Å². The molecule has 10 heteroatoms. The van der Waals surface area contributed by atoms with Crippen LogP contribution in [0.25, 0.3) is 16.9 Å². The van der Waals surface area contributed by atoms with Gasteiger partial charge in [0.15, 0.2) is 11.3 Å². The molecule has 0 saturated carbocycles. The maximum atomic E-state index is 13.4. The Labute approximate surface area is 142 Å². The smallest absolute Gasteiger partial charge is 0.227 e. The summed E-state index contributed by atoms with van der Waals surface area (Å²) in [6, 6.07) is 6.12. The molecule has 4 nitrogen and oxygen atoms in total. The number of rotatable bonds is 1. The lowest BCUT2D eigenvalue weighted by atomic mass is 10.1. The van der Waals surface area contributed by atoms with Crippen molar-refractivity contribution < 1.29 is 26.3 Å². The average molecular weight is 370 g/mol. The van der Waals surface area contributed by atoms with Crippen molar-refractivity contribution in [3.05, 3.63) is 52.8 Å². The molecule has 26 heavy (non-hydrogen) atoms. The Bertz CT molecular complexity index is 1040. The van der Waals surface area contributed by atoms with Crippen LogP contribution in [0.1, 0.15) is 22.5 Å². The van der Waals surface area contributed by atoms with Crippen molar-refractivity contribution in [2.75, 3.05) is 0 Å². The highest BCUT2D eigenvalue weighted by Gasteiger charge is 2.36. The molecular weight excluding hydrogens is 362 g/mol. The van der Waals surface area contributed by atoms with Crippen LogP contribution in [0.5, 0.6) is 0 Å². The van der Waals surface area contributed by atoms with Crippen molar-refractivity contribution in [3.8, 4) is 17.3 Å². The van der Waals surface area contributed by atoms with Crippen LogP contribution in [0.15, 0.2) is 30.3 Å². The van der Waals surface area contributed by atoms with Gasteiger partial charge in [0.05, 0.1) is 17.0 Å². The number of aromatic nitrogens is 3. The van der Waals surface area contributed by atoms with Crippen molar-refractivity contribution in [1.29, 1.82) is 5.26 Å². The third-order valence-corrected chi connectivity index (χ3v) is 3.65. The van der Waals surface area contributed by atoms with E-state index in [4.69, 9.17) is 5.26 Å². The lowest BCUT2D eigenvalue weighted by molar-refractivity contribution is -0.142. The Hall–Kier alpha value is -3.09. The summed E-state index contributed by atoms with van der Waals surface area (Å²) in [6.45, 7) is 1.34. The number of nitrogens with zero attached hydrogens (tertiary/aromatic N) is 4. The van der Waals surface area contributed by atoms with E-state index < -0.39 is 23.6 Å². The van der Waals surface area contributed by atoms with Gasteiger partial charge >= 0.3 is 12.4 Å².